The highest BCUT2D eigenvalue weighted by Crippen LogP contribution is 2.36. The molecule has 10 heteroatoms. The lowest BCUT2D eigenvalue weighted by atomic mass is 9.77. The van der Waals surface area contributed by atoms with Gasteiger partial charge in [-0.2, -0.15) is 10.1 Å². The lowest BCUT2D eigenvalue weighted by molar-refractivity contribution is -0.134. The van der Waals surface area contributed by atoms with Gasteiger partial charge in [0.2, 0.25) is 0 Å². The van der Waals surface area contributed by atoms with Gasteiger partial charge in [0.15, 0.2) is 11.5 Å². The van der Waals surface area contributed by atoms with E-state index in [9.17, 15) is 14.4 Å². The molecule has 5 rings (SSSR count). The largest absolute Gasteiger partial charge is 0.463 e. The Bertz CT molecular complexity index is 1210. The number of hydrogen-bond acceptors (Lipinski definition) is 5. The van der Waals surface area contributed by atoms with Crippen LogP contribution in [0, 0.1) is 5.92 Å². The van der Waals surface area contributed by atoms with E-state index >= 15 is 0 Å². The predicted octanol–water partition coefficient (Wildman–Crippen LogP) is 3.93. The van der Waals surface area contributed by atoms with Crippen LogP contribution in [0.4, 0.5) is 4.79 Å². The second-order valence-corrected chi connectivity index (χ2v) is 8.99. The fourth-order valence-corrected chi connectivity index (χ4v) is 4.47. The third-order valence-corrected chi connectivity index (χ3v) is 6.54. The molecule has 0 bridgehead atoms. The highest BCUT2D eigenvalue weighted by atomic mass is 35.5. The van der Waals surface area contributed by atoms with Crippen LogP contribution >= 0.6 is 11.6 Å². The molecule has 1 aromatic carbocycles. The summed E-state index contributed by atoms with van der Waals surface area (Å²) in [6.45, 7) is 2.13. The fraction of sp³-hybridized carbons (Fsp3) is 0.304. The molecule has 1 aliphatic heterocycles. The standard InChI is InChI=1S/C23H22ClN5O4/c1-14-8-10-23(11-9-14)21(31)29(22(32)25-23)27-20(30)17-13-18(19-3-2-12-33-19)28(26-17)16-6-4-15(24)5-7-16/h2-7,12-14H,8-11H2,1H3,(H,25,32)(H,27,30). The van der Waals surface area contributed by atoms with Crippen molar-refractivity contribution < 1.29 is 18.8 Å². The number of carbonyl (C=O) groups is 3. The van der Waals surface area contributed by atoms with Crippen molar-refractivity contribution in [1.29, 1.82) is 0 Å². The second kappa shape index (κ2) is 8.08. The summed E-state index contributed by atoms with van der Waals surface area (Å²) in [5.74, 6) is -0.112. The molecule has 2 aliphatic rings. The monoisotopic (exact) mass is 467 g/mol. The number of carbonyl (C=O) groups excluding carboxylic acids is 3. The van der Waals surface area contributed by atoms with Crippen molar-refractivity contribution in [3.63, 3.8) is 0 Å². The van der Waals surface area contributed by atoms with Crippen LogP contribution in [-0.4, -0.2) is 38.2 Å². The average molecular weight is 468 g/mol. The molecule has 0 unspecified atom stereocenters. The summed E-state index contributed by atoms with van der Waals surface area (Å²) in [7, 11) is 0. The number of hydrazine groups is 1. The molecule has 1 spiro atoms. The molecule has 0 radical (unpaired) electrons. The van der Waals surface area contributed by atoms with E-state index in [0.717, 1.165) is 17.9 Å². The van der Waals surface area contributed by atoms with E-state index < -0.39 is 23.4 Å². The molecular weight excluding hydrogens is 446 g/mol. The number of halogens is 1. The first-order chi connectivity index (χ1) is 15.9. The summed E-state index contributed by atoms with van der Waals surface area (Å²) in [6.07, 6.45) is 4.31. The minimum Gasteiger partial charge on any atom is -0.463 e. The second-order valence-electron chi connectivity index (χ2n) is 8.56. The zero-order valence-corrected chi connectivity index (χ0v) is 18.6. The third kappa shape index (κ3) is 3.78. The Hall–Kier alpha value is -3.59. The van der Waals surface area contributed by atoms with Gasteiger partial charge in [0.05, 0.1) is 12.0 Å². The van der Waals surface area contributed by atoms with Gasteiger partial charge in [0.25, 0.3) is 11.8 Å². The van der Waals surface area contributed by atoms with Crippen LogP contribution in [0.5, 0.6) is 0 Å². The first-order valence-corrected chi connectivity index (χ1v) is 11.1. The van der Waals surface area contributed by atoms with Gasteiger partial charge in [-0.15, -0.1) is 0 Å². The summed E-state index contributed by atoms with van der Waals surface area (Å²) in [4.78, 5) is 38.6. The van der Waals surface area contributed by atoms with Crippen molar-refractivity contribution in [2.75, 3.05) is 0 Å². The van der Waals surface area contributed by atoms with Crippen molar-refractivity contribution in [3.05, 3.63) is 59.4 Å². The number of hydrogen-bond donors (Lipinski definition) is 2. The zero-order valence-electron chi connectivity index (χ0n) is 17.9. The van der Waals surface area contributed by atoms with Crippen molar-refractivity contribution in [2.45, 2.75) is 38.1 Å². The maximum atomic E-state index is 13.1. The molecule has 1 aliphatic carbocycles. The van der Waals surface area contributed by atoms with Crippen molar-refractivity contribution in [2.24, 2.45) is 5.92 Å². The van der Waals surface area contributed by atoms with Gasteiger partial charge >= 0.3 is 6.03 Å². The quantitative estimate of drug-likeness (QED) is 0.565. The Balaban J connectivity index is 1.42. The summed E-state index contributed by atoms with van der Waals surface area (Å²) >= 11 is 6.00. The number of benzene rings is 1. The first-order valence-electron chi connectivity index (χ1n) is 10.7. The van der Waals surface area contributed by atoms with Crippen LogP contribution in [0.25, 0.3) is 17.1 Å². The van der Waals surface area contributed by atoms with Crippen LogP contribution in [0.2, 0.25) is 5.02 Å². The number of aromatic nitrogens is 2. The minimum atomic E-state index is -0.946. The predicted molar refractivity (Wildman–Crippen MR) is 119 cm³/mol. The van der Waals surface area contributed by atoms with Gasteiger partial charge < -0.3 is 9.73 Å². The summed E-state index contributed by atoms with van der Waals surface area (Å²) in [5.41, 5.74) is 2.70. The van der Waals surface area contributed by atoms with E-state index in [4.69, 9.17) is 16.0 Å². The van der Waals surface area contributed by atoms with Gasteiger partial charge in [-0.1, -0.05) is 18.5 Å². The third-order valence-electron chi connectivity index (χ3n) is 6.29. The normalized spacial score (nSPS) is 22.6. The molecule has 170 valence electrons. The Morgan fingerprint density at radius 3 is 2.61 bits per heavy atom. The summed E-state index contributed by atoms with van der Waals surface area (Å²) < 4.78 is 7.04. The smallest absolute Gasteiger partial charge is 0.344 e. The van der Waals surface area contributed by atoms with E-state index in [1.807, 2.05) is 0 Å². The number of urea groups is 1. The molecule has 4 amide bonds. The van der Waals surface area contributed by atoms with E-state index in [0.29, 0.717) is 40.9 Å². The SMILES string of the molecule is CC1CCC2(CC1)NC(=O)N(NC(=O)c1cc(-c3ccco3)n(-c3ccc(Cl)cc3)n1)C2=O. The van der Waals surface area contributed by atoms with E-state index in [-0.39, 0.29) is 5.69 Å². The van der Waals surface area contributed by atoms with Gasteiger partial charge in [0.1, 0.15) is 11.2 Å². The van der Waals surface area contributed by atoms with Crippen LogP contribution < -0.4 is 10.7 Å². The van der Waals surface area contributed by atoms with Gasteiger partial charge in [-0.05, 0) is 68.0 Å². The number of nitrogens with zero attached hydrogens (tertiary/aromatic N) is 3. The summed E-state index contributed by atoms with van der Waals surface area (Å²) in [6, 6.07) is 11.3. The van der Waals surface area contributed by atoms with Crippen LogP contribution in [-0.2, 0) is 4.79 Å². The van der Waals surface area contributed by atoms with Gasteiger partial charge in [0, 0.05) is 11.1 Å². The Kier molecular flexibility index (Phi) is 5.20. The van der Waals surface area contributed by atoms with Crippen LogP contribution in [0.1, 0.15) is 43.1 Å². The molecule has 2 N–H and O–H groups in total. The highest BCUT2D eigenvalue weighted by Gasteiger charge is 2.53. The molecular formula is C23H22ClN5O4. The van der Waals surface area contributed by atoms with Crippen molar-refractivity contribution >= 4 is 29.4 Å². The maximum absolute atomic E-state index is 13.1. The molecule has 33 heavy (non-hydrogen) atoms. The number of rotatable bonds is 4. The van der Waals surface area contributed by atoms with Crippen LogP contribution in [0.3, 0.4) is 0 Å². The number of amides is 4. The molecule has 1 saturated heterocycles. The minimum absolute atomic E-state index is 0.0233. The van der Waals surface area contributed by atoms with E-state index in [1.165, 1.54) is 6.26 Å². The lowest BCUT2D eigenvalue weighted by Gasteiger charge is -2.33. The van der Waals surface area contributed by atoms with E-state index in [1.54, 1.807) is 47.1 Å². The van der Waals surface area contributed by atoms with Gasteiger partial charge in [-0.25, -0.2) is 9.48 Å². The van der Waals surface area contributed by atoms with E-state index in [2.05, 4.69) is 22.8 Å². The highest BCUT2D eigenvalue weighted by molar-refractivity contribution is 6.30. The summed E-state index contributed by atoms with van der Waals surface area (Å²) in [5, 5.41) is 8.52. The van der Waals surface area contributed by atoms with Crippen molar-refractivity contribution in [1.82, 2.24) is 25.5 Å². The molecule has 0 atom stereocenters. The number of furan rings is 1. The molecule has 2 fully saturated rings. The molecule has 2 aromatic heterocycles. The Morgan fingerprint density at radius 2 is 1.94 bits per heavy atom. The topological polar surface area (TPSA) is 109 Å². The Labute approximate surface area is 194 Å². The zero-order chi connectivity index (χ0) is 23.2. The average Bonchev–Trinajstić information content (AvgIpc) is 3.53. The number of imide groups is 1. The molecule has 9 nitrogen and oxygen atoms in total. The van der Waals surface area contributed by atoms with Crippen molar-refractivity contribution in [3.8, 4) is 17.1 Å². The molecule has 3 aromatic rings. The number of nitrogens with one attached hydrogen (secondary N) is 2. The first kappa shape index (κ1) is 21.3. The maximum Gasteiger partial charge on any atom is 0.344 e. The fourth-order valence-electron chi connectivity index (χ4n) is 4.35. The molecule has 1 saturated carbocycles. The molecule has 3 heterocycles. The lowest BCUT2D eigenvalue weighted by Crippen LogP contribution is -2.51. The Morgan fingerprint density at radius 1 is 1.21 bits per heavy atom. The van der Waals surface area contributed by atoms with Crippen LogP contribution in [0.15, 0.2) is 53.1 Å². The van der Waals surface area contributed by atoms with Gasteiger partial charge in [-0.3, -0.25) is 15.0 Å².